The molecule has 7 rings (SSSR count). The molecule has 368 valence electrons. The zero-order valence-electron chi connectivity index (χ0n) is 44.1. The van der Waals surface area contributed by atoms with Crippen molar-refractivity contribution >= 4 is 65.9 Å². The van der Waals surface area contributed by atoms with Crippen LogP contribution in [-0.4, -0.2) is 21.9 Å². The van der Waals surface area contributed by atoms with E-state index in [-0.39, 0.29) is 0 Å². The summed E-state index contributed by atoms with van der Waals surface area (Å²) in [4.78, 5) is 5.18. The van der Waals surface area contributed by atoms with Crippen molar-refractivity contribution in [3.8, 4) is 0 Å². The maximum atomic E-state index is 4.93. The predicted octanol–water partition coefficient (Wildman–Crippen LogP) is 21.6. The van der Waals surface area contributed by atoms with Gasteiger partial charge >= 0.3 is 0 Å². The molecule has 0 atom stereocenters. The van der Waals surface area contributed by atoms with Gasteiger partial charge in [0.15, 0.2) is 0 Å². The number of hydrogen-bond donors (Lipinski definition) is 0. The van der Waals surface area contributed by atoms with Crippen LogP contribution in [0.15, 0.2) is 74.8 Å². The second-order valence-corrected chi connectivity index (χ2v) is 21.6. The summed E-state index contributed by atoms with van der Waals surface area (Å²) in [5.41, 5.74) is 9.74. The number of hydrogen-bond acceptors (Lipinski definition) is 2. The molecule has 5 aromatic carbocycles. The fraction of sp³-hybridized carbons (Fsp3) is 0.576. The van der Waals surface area contributed by atoms with E-state index >= 15 is 0 Å². The number of unbranched alkanes of at least 4 members (excludes halogenated alkanes) is 24. The fourth-order valence-electron chi connectivity index (χ4n) is 12.7. The lowest BCUT2D eigenvalue weighted by molar-refractivity contribution is 0.331. The first kappa shape index (κ1) is 51.8. The number of benzene rings is 5. The highest BCUT2D eigenvalue weighted by Gasteiger charge is 2.34. The Balaban J connectivity index is 1.17. The molecule has 0 N–H and O–H groups in total. The highest BCUT2D eigenvalue weighted by atomic mass is 15.2. The Bertz CT molecular complexity index is 2100. The van der Waals surface area contributed by atoms with Crippen molar-refractivity contribution < 1.29 is 0 Å². The molecule has 0 aliphatic carbocycles. The molecule has 0 spiro atoms. The van der Waals surface area contributed by atoms with Gasteiger partial charge in [-0.25, -0.2) is 0 Å². The van der Waals surface area contributed by atoms with Crippen molar-refractivity contribution in [3.63, 3.8) is 0 Å². The van der Waals surface area contributed by atoms with Gasteiger partial charge in [0.1, 0.15) is 0 Å². The molecular weight excluding hydrogens is 821 g/mol. The molecule has 0 saturated heterocycles. The van der Waals surface area contributed by atoms with Gasteiger partial charge in [0.05, 0.1) is 0 Å². The van der Waals surface area contributed by atoms with Gasteiger partial charge in [-0.3, -0.25) is 0 Å². The van der Waals surface area contributed by atoms with Crippen LogP contribution in [0.1, 0.15) is 255 Å². The molecular formula is C66H94N2. The van der Waals surface area contributed by atoms with Crippen LogP contribution < -0.4 is 0 Å². The van der Waals surface area contributed by atoms with Crippen molar-refractivity contribution in [3.05, 3.63) is 97.1 Å². The van der Waals surface area contributed by atoms with E-state index in [0.717, 1.165) is 22.8 Å². The Hall–Kier alpha value is -4.04. The lowest BCUT2D eigenvalue weighted by Crippen LogP contribution is -2.34. The molecule has 2 nitrogen and oxygen atoms in total. The van der Waals surface area contributed by atoms with Crippen molar-refractivity contribution in [1.29, 1.82) is 0 Å². The summed E-state index contributed by atoms with van der Waals surface area (Å²) in [7, 11) is 0. The van der Waals surface area contributed by atoms with Gasteiger partial charge in [0.2, 0.25) is 0 Å². The van der Waals surface area contributed by atoms with Gasteiger partial charge in [-0.15, -0.1) is 0 Å². The van der Waals surface area contributed by atoms with E-state index < -0.39 is 0 Å². The Kier molecular flexibility index (Phi) is 20.0. The molecule has 2 aliphatic heterocycles. The Morgan fingerprint density at radius 1 is 0.279 bits per heavy atom. The first-order chi connectivity index (χ1) is 33.4. The highest BCUT2D eigenvalue weighted by molar-refractivity contribution is 6.36. The summed E-state index contributed by atoms with van der Waals surface area (Å²) in [5, 5.41) is 10.8. The van der Waals surface area contributed by atoms with Crippen LogP contribution >= 0.6 is 0 Å². The van der Waals surface area contributed by atoms with Crippen LogP contribution in [0, 0.1) is 0 Å². The third-order valence-corrected chi connectivity index (χ3v) is 16.6. The lowest BCUT2D eigenvalue weighted by Gasteiger charge is -2.42. The van der Waals surface area contributed by atoms with Gasteiger partial charge in [-0.2, -0.15) is 0 Å². The van der Waals surface area contributed by atoms with Crippen LogP contribution in [0.4, 0.5) is 0 Å². The predicted molar refractivity (Wildman–Crippen MR) is 305 cm³/mol. The molecule has 0 bridgehead atoms. The van der Waals surface area contributed by atoms with E-state index in [9.17, 15) is 0 Å². The third kappa shape index (κ3) is 11.8. The average Bonchev–Trinajstić information content (AvgIpc) is 3.35. The topological polar surface area (TPSA) is 6.48 Å². The average molecular weight is 915 g/mol. The van der Waals surface area contributed by atoms with Crippen molar-refractivity contribution in [1.82, 2.24) is 9.80 Å². The summed E-state index contributed by atoms with van der Waals surface area (Å²) in [6.07, 6.45) is 42.5. The number of nitrogens with zero attached hydrogens (tertiary/aromatic N) is 2. The smallest absolute Gasteiger partial charge is 0.0420 e. The molecule has 2 heteroatoms. The first-order valence-corrected chi connectivity index (χ1v) is 28.9. The second kappa shape index (κ2) is 26.2. The Morgan fingerprint density at radius 3 is 0.706 bits per heavy atom. The van der Waals surface area contributed by atoms with E-state index in [1.165, 1.54) is 271 Å². The molecule has 2 aliphatic rings. The second-order valence-electron chi connectivity index (χ2n) is 21.6. The molecule has 5 aromatic rings. The SMILES string of the molecule is C=C1c2ccc3c4ccc5c6c(ccc(c7ccc(c2c37)C(=C)N1C(CCCCCCCCC)CCCCCCCCC)c64)C(=C)N(C(CCCCCCCCC)CCCCCCCCC)C5=C. The summed E-state index contributed by atoms with van der Waals surface area (Å²) < 4.78 is 0. The molecule has 0 fully saturated rings. The van der Waals surface area contributed by atoms with Crippen molar-refractivity contribution in [2.24, 2.45) is 0 Å². The monoisotopic (exact) mass is 915 g/mol. The molecule has 68 heavy (non-hydrogen) atoms. The third-order valence-electron chi connectivity index (χ3n) is 16.6. The van der Waals surface area contributed by atoms with Crippen LogP contribution in [0.25, 0.3) is 65.9 Å². The summed E-state index contributed by atoms with van der Waals surface area (Å²) in [6.45, 7) is 29.0. The largest absolute Gasteiger partial charge is 0.338 e. The number of rotatable bonds is 34. The Morgan fingerprint density at radius 2 is 0.485 bits per heavy atom. The standard InChI is InChI=1S/C66H94N2/c1-9-13-17-21-25-29-33-37-53(38-34-30-26-22-18-14-10-2)67-49(5)55-41-45-59-61-47-43-57-51(7)68(54(39-35-31-27-23-19-15-11-3)40-36-32-28-24-20-16-12-4)52(8)58-44-48-62(66(61)64(57)58)60-46-42-56(50(67)6)63(55)65(59)60/h41-48,53-54H,5-40H2,1-4H3. The minimum absolute atomic E-state index is 0.431. The van der Waals surface area contributed by atoms with Gasteiger partial charge in [-0.05, 0) is 58.0 Å². The number of fused-ring (bicyclic) bond motifs is 2. The molecule has 0 saturated carbocycles. The molecule has 0 aromatic heterocycles. The Labute approximate surface area is 416 Å². The zero-order chi connectivity index (χ0) is 47.8. The van der Waals surface area contributed by atoms with Crippen molar-refractivity contribution in [2.75, 3.05) is 0 Å². The minimum Gasteiger partial charge on any atom is -0.338 e. The van der Waals surface area contributed by atoms with Gasteiger partial charge in [0.25, 0.3) is 0 Å². The molecule has 0 amide bonds. The van der Waals surface area contributed by atoms with E-state index in [2.05, 4.69) is 86.0 Å². The minimum atomic E-state index is 0.431. The van der Waals surface area contributed by atoms with E-state index in [4.69, 9.17) is 26.3 Å². The maximum Gasteiger partial charge on any atom is 0.0420 e. The zero-order valence-corrected chi connectivity index (χ0v) is 44.1. The van der Waals surface area contributed by atoms with Gasteiger partial charge in [-0.1, -0.05) is 282 Å². The fourth-order valence-corrected chi connectivity index (χ4v) is 12.7. The van der Waals surface area contributed by atoms with Crippen LogP contribution in [0.3, 0.4) is 0 Å². The lowest BCUT2D eigenvalue weighted by atomic mass is 9.80. The summed E-state index contributed by atoms with van der Waals surface area (Å²) in [6, 6.07) is 20.2. The highest BCUT2D eigenvalue weighted by Crippen LogP contribution is 2.52. The van der Waals surface area contributed by atoms with Crippen LogP contribution in [0.2, 0.25) is 0 Å². The quantitative estimate of drug-likeness (QED) is 0.0230. The summed E-state index contributed by atoms with van der Waals surface area (Å²) >= 11 is 0. The van der Waals surface area contributed by atoms with E-state index in [0.29, 0.717) is 12.1 Å². The van der Waals surface area contributed by atoms with E-state index in [1.807, 2.05) is 0 Å². The molecule has 0 radical (unpaired) electrons. The van der Waals surface area contributed by atoms with Crippen LogP contribution in [0.5, 0.6) is 0 Å². The summed E-state index contributed by atoms with van der Waals surface area (Å²) in [5.74, 6) is 0. The molecule has 0 unspecified atom stereocenters. The van der Waals surface area contributed by atoms with Crippen LogP contribution in [-0.2, 0) is 0 Å². The molecule has 2 heterocycles. The van der Waals surface area contributed by atoms with E-state index in [1.54, 1.807) is 0 Å². The normalized spacial score (nSPS) is 14.0. The van der Waals surface area contributed by atoms with Gasteiger partial charge < -0.3 is 9.80 Å². The maximum absolute atomic E-state index is 4.93. The van der Waals surface area contributed by atoms with Gasteiger partial charge in [0, 0.05) is 67.9 Å². The van der Waals surface area contributed by atoms with Crippen molar-refractivity contribution in [2.45, 2.75) is 245 Å². The first-order valence-electron chi connectivity index (χ1n) is 28.9.